The Kier molecular flexibility index (Phi) is 5.56. The van der Waals surface area contributed by atoms with Crippen molar-refractivity contribution in [2.75, 3.05) is 26.8 Å². The van der Waals surface area contributed by atoms with Crippen LogP contribution in [0.15, 0.2) is 5.16 Å². The predicted molar refractivity (Wildman–Crippen MR) is 69.8 cm³/mol. The largest absolute Gasteiger partial charge is 0.409 e. The van der Waals surface area contributed by atoms with Crippen LogP contribution in [0.4, 0.5) is 0 Å². The van der Waals surface area contributed by atoms with Gasteiger partial charge in [-0.15, -0.1) is 0 Å². The molecule has 0 aromatic carbocycles. The van der Waals surface area contributed by atoms with Crippen LogP contribution in [0.25, 0.3) is 0 Å². The lowest BCUT2D eigenvalue weighted by molar-refractivity contribution is -0.139. The van der Waals surface area contributed by atoms with Gasteiger partial charge in [-0.25, -0.2) is 0 Å². The molecular formula is C12H23N3O4. The molecule has 7 heteroatoms. The molecule has 1 rings (SSSR count). The molecule has 19 heavy (non-hydrogen) atoms. The molecule has 0 radical (unpaired) electrons. The zero-order valence-electron chi connectivity index (χ0n) is 11.5. The summed E-state index contributed by atoms with van der Waals surface area (Å²) in [5.41, 5.74) is 4.59. The minimum Gasteiger partial charge on any atom is -0.409 e. The van der Waals surface area contributed by atoms with E-state index in [1.807, 2.05) is 0 Å². The summed E-state index contributed by atoms with van der Waals surface area (Å²) < 4.78 is 5.20. The highest BCUT2D eigenvalue weighted by Gasteiger charge is 2.34. The molecule has 4 N–H and O–H groups in total. The van der Waals surface area contributed by atoms with E-state index in [1.165, 1.54) is 4.90 Å². The van der Waals surface area contributed by atoms with Crippen LogP contribution < -0.4 is 5.73 Å². The number of nitrogens with zero attached hydrogens (tertiary/aromatic N) is 2. The third kappa shape index (κ3) is 4.07. The molecule has 1 saturated heterocycles. The van der Waals surface area contributed by atoms with Gasteiger partial charge in [-0.3, -0.25) is 4.79 Å². The Morgan fingerprint density at radius 3 is 2.58 bits per heavy atom. The van der Waals surface area contributed by atoms with Gasteiger partial charge in [0, 0.05) is 39.6 Å². The van der Waals surface area contributed by atoms with Crippen molar-refractivity contribution >= 4 is 11.7 Å². The van der Waals surface area contributed by atoms with E-state index >= 15 is 0 Å². The van der Waals surface area contributed by atoms with E-state index in [1.54, 1.807) is 14.0 Å². The third-order valence-electron chi connectivity index (χ3n) is 3.51. The first kappa shape index (κ1) is 15.7. The lowest BCUT2D eigenvalue weighted by Gasteiger charge is -2.36. The number of amidine groups is 1. The SMILES string of the molecule is CCC(C(=O)N(C)CC1(O)CCOCC1)C(N)=NO. The van der Waals surface area contributed by atoms with Gasteiger partial charge in [0.25, 0.3) is 0 Å². The van der Waals surface area contributed by atoms with Gasteiger partial charge in [0.2, 0.25) is 5.91 Å². The van der Waals surface area contributed by atoms with Crippen molar-refractivity contribution < 1.29 is 19.8 Å². The van der Waals surface area contributed by atoms with Crippen molar-refractivity contribution in [1.29, 1.82) is 0 Å². The van der Waals surface area contributed by atoms with E-state index in [2.05, 4.69) is 5.16 Å². The van der Waals surface area contributed by atoms with Crippen LogP contribution >= 0.6 is 0 Å². The van der Waals surface area contributed by atoms with Crippen LogP contribution in [-0.4, -0.2) is 59.4 Å². The molecule has 1 unspecified atom stereocenters. The van der Waals surface area contributed by atoms with E-state index in [0.717, 1.165) is 0 Å². The Morgan fingerprint density at radius 1 is 1.53 bits per heavy atom. The first-order valence-electron chi connectivity index (χ1n) is 6.46. The van der Waals surface area contributed by atoms with Crippen molar-refractivity contribution in [2.45, 2.75) is 31.8 Å². The second-order valence-electron chi connectivity index (χ2n) is 5.02. The van der Waals surface area contributed by atoms with E-state index in [9.17, 15) is 9.90 Å². The van der Waals surface area contributed by atoms with Crippen LogP contribution in [0.1, 0.15) is 26.2 Å². The predicted octanol–water partition coefficient (Wildman–Crippen LogP) is -0.241. The molecule has 0 aromatic rings. The number of amides is 1. The Labute approximate surface area is 113 Å². The summed E-state index contributed by atoms with van der Waals surface area (Å²) in [6.07, 6.45) is 1.45. The van der Waals surface area contributed by atoms with Gasteiger partial charge < -0.3 is 25.7 Å². The summed E-state index contributed by atoms with van der Waals surface area (Å²) in [7, 11) is 1.61. The maximum Gasteiger partial charge on any atom is 0.233 e. The van der Waals surface area contributed by atoms with Gasteiger partial charge in [0.1, 0.15) is 0 Å². The molecule has 7 nitrogen and oxygen atoms in total. The van der Waals surface area contributed by atoms with E-state index in [4.69, 9.17) is 15.7 Å². The monoisotopic (exact) mass is 273 g/mol. The maximum atomic E-state index is 12.2. The number of hydrogen-bond acceptors (Lipinski definition) is 5. The number of carbonyl (C=O) groups excluding carboxylic acids is 1. The molecule has 1 fully saturated rings. The number of oxime groups is 1. The fourth-order valence-corrected chi connectivity index (χ4v) is 2.27. The summed E-state index contributed by atoms with van der Waals surface area (Å²) in [6, 6.07) is 0. The molecule has 110 valence electrons. The smallest absolute Gasteiger partial charge is 0.233 e. The molecule has 1 amide bonds. The highest BCUT2D eigenvalue weighted by molar-refractivity contribution is 6.01. The summed E-state index contributed by atoms with van der Waals surface area (Å²) >= 11 is 0. The average Bonchev–Trinajstić information content (AvgIpc) is 2.39. The van der Waals surface area contributed by atoms with Crippen LogP contribution in [0, 0.1) is 5.92 Å². The van der Waals surface area contributed by atoms with Gasteiger partial charge in [-0.1, -0.05) is 12.1 Å². The summed E-state index contributed by atoms with van der Waals surface area (Å²) in [6.45, 7) is 3.01. The molecule has 0 aromatic heterocycles. The minimum atomic E-state index is -0.911. The number of carbonyl (C=O) groups is 1. The summed E-state index contributed by atoms with van der Waals surface area (Å²) in [5.74, 6) is -1.01. The van der Waals surface area contributed by atoms with E-state index in [0.29, 0.717) is 32.5 Å². The Morgan fingerprint density at radius 2 is 2.11 bits per heavy atom. The molecule has 0 aliphatic carbocycles. The fraction of sp³-hybridized carbons (Fsp3) is 0.833. The molecule has 0 bridgehead atoms. The Balaban J connectivity index is 2.65. The van der Waals surface area contributed by atoms with Gasteiger partial charge in [0.05, 0.1) is 11.5 Å². The van der Waals surface area contributed by atoms with Crippen molar-refractivity contribution in [3.05, 3.63) is 0 Å². The summed E-state index contributed by atoms with van der Waals surface area (Å²) in [5, 5.41) is 21.9. The van der Waals surface area contributed by atoms with Crippen molar-refractivity contribution in [3.63, 3.8) is 0 Å². The van der Waals surface area contributed by atoms with Gasteiger partial charge in [-0.2, -0.15) is 0 Å². The topological polar surface area (TPSA) is 108 Å². The normalized spacial score (nSPS) is 20.9. The molecule has 1 atom stereocenters. The zero-order chi connectivity index (χ0) is 14.5. The lowest BCUT2D eigenvalue weighted by atomic mass is 9.93. The number of likely N-dealkylation sites (N-methyl/N-ethyl adjacent to an activating group) is 1. The van der Waals surface area contributed by atoms with Gasteiger partial charge in [0.15, 0.2) is 5.84 Å². The highest BCUT2D eigenvalue weighted by Crippen LogP contribution is 2.22. The molecule has 0 saturated carbocycles. The molecular weight excluding hydrogens is 250 g/mol. The van der Waals surface area contributed by atoms with Crippen LogP contribution in [0.2, 0.25) is 0 Å². The molecule has 1 heterocycles. The average molecular weight is 273 g/mol. The number of hydrogen-bond donors (Lipinski definition) is 3. The number of rotatable bonds is 5. The van der Waals surface area contributed by atoms with Crippen LogP contribution in [0.3, 0.4) is 0 Å². The maximum absolute atomic E-state index is 12.2. The Hall–Kier alpha value is -1.34. The molecule has 1 aliphatic rings. The lowest BCUT2D eigenvalue weighted by Crippen LogP contribution is -2.50. The second-order valence-corrected chi connectivity index (χ2v) is 5.02. The van der Waals surface area contributed by atoms with Gasteiger partial charge >= 0.3 is 0 Å². The minimum absolute atomic E-state index is 0.0988. The number of ether oxygens (including phenoxy) is 1. The quantitative estimate of drug-likeness (QED) is 0.277. The second kappa shape index (κ2) is 6.72. The van der Waals surface area contributed by atoms with Gasteiger partial charge in [-0.05, 0) is 6.42 Å². The van der Waals surface area contributed by atoms with Crippen molar-refractivity contribution in [3.8, 4) is 0 Å². The number of aliphatic hydroxyl groups is 1. The standard InChI is InChI=1S/C12H23N3O4/c1-3-9(10(13)14-18)11(16)15(2)8-12(17)4-6-19-7-5-12/h9,17-18H,3-8H2,1-2H3,(H2,13,14). The highest BCUT2D eigenvalue weighted by atomic mass is 16.5. The van der Waals surface area contributed by atoms with Crippen LogP contribution in [-0.2, 0) is 9.53 Å². The first-order chi connectivity index (χ1) is 8.93. The fourth-order valence-electron chi connectivity index (χ4n) is 2.27. The summed E-state index contributed by atoms with van der Waals surface area (Å²) in [4.78, 5) is 13.6. The van der Waals surface area contributed by atoms with Crippen molar-refractivity contribution in [1.82, 2.24) is 4.90 Å². The molecule has 1 aliphatic heterocycles. The third-order valence-corrected chi connectivity index (χ3v) is 3.51. The van der Waals surface area contributed by atoms with E-state index < -0.39 is 11.5 Å². The van der Waals surface area contributed by atoms with Crippen LogP contribution in [0.5, 0.6) is 0 Å². The molecule has 0 spiro atoms. The number of nitrogens with two attached hydrogens (primary N) is 1. The van der Waals surface area contributed by atoms with E-state index in [-0.39, 0.29) is 18.3 Å². The Bertz CT molecular complexity index is 340. The van der Waals surface area contributed by atoms with Crippen molar-refractivity contribution in [2.24, 2.45) is 16.8 Å². The first-order valence-corrected chi connectivity index (χ1v) is 6.46. The zero-order valence-corrected chi connectivity index (χ0v) is 11.5.